The predicted molar refractivity (Wildman–Crippen MR) is 89.1 cm³/mol. The van der Waals surface area contributed by atoms with Crippen LogP contribution in [0.2, 0.25) is 0 Å². The molecule has 0 aliphatic carbocycles. The molecule has 100 valence electrons. The molecule has 0 atom stereocenters. The number of nitrogens with zero attached hydrogens (tertiary/aromatic N) is 1. The first-order valence-corrected chi connectivity index (χ1v) is 6.97. The summed E-state index contributed by atoms with van der Waals surface area (Å²) < 4.78 is 0. The van der Waals surface area contributed by atoms with E-state index in [1.165, 1.54) is 0 Å². The van der Waals surface area contributed by atoms with Crippen molar-refractivity contribution in [3.63, 3.8) is 0 Å². The summed E-state index contributed by atoms with van der Waals surface area (Å²) in [6, 6.07) is 24.5. The van der Waals surface area contributed by atoms with E-state index in [-0.39, 0.29) is 0 Å². The molecule has 0 bridgehead atoms. The van der Waals surface area contributed by atoms with Crippen molar-refractivity contribution in [3.8, 4) is 11.1 Å². The Morgan fingerprint density at radius 3 is 2.24 bits per heavy atom. The Hall–Kier alpha value is -2.87. The zero-order valence-corrected chi connectivity index (χ0v) is 11.5. The summed E-state index contributed by atoms with van der Waals surface area (Å²) in [4.78, 5) is 4.83. The van der Waals surface area contributed by atoms with E-state index in [1.807, 2.05) is 54.6 Å². The first-order chi connectivity index (χ1) is 10.3. The molecule has 21 heavy (non-hydrogen) atoms. The van der Waals surface area contributed by atoms with Crippen LogP contribution in [0.3, 0.4) is 0 Å². The average Bonchev–Trinajstić information content (AvgIpc) is 2.56. The molecule has 3 aromatic carbocycles. The van der Waals surface area contributed by atoms with Crippen molar-refractivity contribution in [2.45, 2.75) is 0 Å². The van der Waals surface area contributed by atoms with E-state index < -0.39 is 0 Å². The Balaban J connectivity index is 2.15. The lowest BCUT2D eigenvalue weighted by atomic mass is 10.00. The van der Waals surface area contributed by atoms with Crippen molar-refractivity contribution in [3.05, 3.63) is 72.8 Å². The molecule has 2 heteroatoms. The maximum absolute atomic E-state index is 6.36. The maximum atomic E-state index is 6.36. The Morgan fingerprint density at radius 2 is 1.38 bits per heavy atom. The standard InChI is InChI=1S/C19H14N2/c20-18-15-9-4-5-12-17(15)21-19-14(10-6-11-16(18)19)13-7-2-1-3-8-13/h1-12H,(H2,20,21). The molecule has 0 aliphatic heterocycles. The minimum atomic E-state index is 0.799. The first kappa shape index (κ1) is 11.9. The van der Waals surface area contributed by atoms with Crippen LogP contribution in [-0.4, -0.2) is 4.98 Å². The van der Waals surface area contributed by atoms with Crippen LogP contribution in [0.1, 0.15) is 0 Å². The molecule has 1 aromatic heterocycles. The lowest BCUT2D eigenvalue weighted by Crippen LogP contribution is -1.94. The van der Waals surface area contributed by atoms with Crippen molar-refractivity contribution in [2.75, 3.05) is 5.73 Å². The summed E-state index contributed by atoms with van der Waals surface area (Å²) in [5.74, 6) is 0. The molecule has 0 radical (unpaired) electrons. The van der Waals surface area contributed by atoms with E-state index in [9.17, 15) is 0 Å². The third kappa shape index (κ3) is 1.84. The molecule has 2 N–H and O–H groups in total. The highest BCUT2D eigenvalue weighted by atomic mass is 14.7. The summed E-state index contributed by atoms with van der Waals surface area (Å²) in [7, 11) is 0. The molecule has 0 aliphatic rings. The van der Waals surface area contributed by atoms with Crippen LogP contribution < -0.4 is 5.73 Å². The number of benzene rings is 3. The number of pyridine rings is 1. The summed E-state index contributed by atoms with van der Waals surface area (Å²) in [5.41, 5.74) is 11.3. The molecular formula is C19H14N2. The Kier molecular flexibility index (Phi) is 2.61. The van der Waals surface area contributed by atoms with Gasteiger partial charge in [0.15, 0.2) is 0 Å². The molecule has 4 rings (SSSR count). The highest BCUT2D eigenvalue weighted by Crippen LogP contribution is 2.33. The topological polar surface area (TPSA) is 38.9 Å². The van der Waals surface area contributed by atoms with Crippen LogP contribution in [0.25, 0.3) is 32.9 Å². The maximum Gasteiger partial charge on any atom is 0.0808 e. The number of nitrogens with two attached hydrogens (primary N) is 1. The summed E-state index contributed by atoms with van der Waals surface area (Å²) in [5, 5.41) is 2.02. The van der Waals surface area contributed by atoms with E-state index in [1.54, 1.807) is 0 Å². The lowest BCUT2D eigenvalue weighted by Gasteiger charge is -2.10. The molecule has 0 fully saturated rings. The number of anilines is 1. The molecule has 0 unspecified atom stereocenters. The molecule has 1 heterocycles. The highest BCUT2D eigenvalue weighted by Gasteiger charge is 2.10. The van der Waals surface area contributed by atoms with E-state index in [0.717, 1.165) is 38.6 Å². The van der Waals surface area contributed by atoms with Crippen LogP contribution in [0.15, 0.2) is 72.8 Å². The van der Waals surface area contributed by atoms with E-state index in [0.29, 0.717) is 0 Å². The SMILES string of the molecule is Nc1c2ccccc2nc2c(-c3ccccc3)cccc12. The predicted octanol–water partition coefficient (Wildman–Crippen LogP) is 4.64. The van der Waals surface area contributed by atoms with E-state index in [4.69, 9.17) is 10.7 Å². The van der Waals surface area contributed by atoms with Gasteiger partial charge in [-0.3, -0.25) is 0 Å². The third-order valence-corrected chi connectivity index (χ3v) is 3.84. The second-order valence-electron chi connectivity index (χ2n) is 5.11. The van der Waals surface area contributed by atoms with Crippen molar-refractivity contribution < 1.29 is 0 Å². The van der Waals surface area contributed by atoms with Gasteiger partial charge in [0.05, 0.1) is 16.7 Å². The molecule has 0 saturated heterocycles. The van der Waals surface area contributed by atoms with Crippen LogP contribution in [0.5, 0.6) is 0 Å². The largest absolute Gasteiger partial charge is 0.398 e. The third-order valence-electron chi connectivity index (χ3n) is 3.84. The van der Waals surface area contributed by atoms with E-state index >= 15 is 0 Å². The zero-order chi connectivity index (χ0) is 14.2. The number of nitrogen functional groups attached to an aromatic ring is 1. The smallest absolute Gasteiger partial charge is 0.0808 e. The summed E-state index contributed by atoms with van der Waals surface area (Å²) >= 11 is 0. The van der Waals surface area contributed by atoms with Gasteiger partial charge in [-0.15, -0.1) is 0 Å². The molecule has 0 amide bonds. The fourth-order valence-corrected chi connectivity index (χ4v) is 2.80. The minimum absolute atomic E-state index is 0.799. The van der Waals surface area contributed by atoms with Crippen molar-refractivity contribution >= 4 is 27.5 Å². The lowest BCUT2D eigenvalue weighted by molar-refractivity contribution is 1.49. The highest BCUT2D eigenvalue weighted by molar-refractivity contribution is 6.10. The van der Waals surface area contributed by atoms with Crippen LogP contribution >= 0.6 is 0 Å². The monoisotopic (exact) mass is 270 g/mol. The Labute approximate surface area is 122 Å². The number of rotatable bonds is 1. The van der Waals surface area contributed by atoms with Gasteiger partial charge in [-0.2, -0.15) is 0 Å². The Morgan fingerprint density at radius 1 is 0.667 bits per heavy atom. The zero-order valence-electron chi connectivity index (χ0n) is 11.5. The number of aromatic nitrogens is 1. The average molecular weight is 270 g/mol. The van der Waals surface area contributed by atoms with Gasteiger partial charge < -0.3 is 5.73 Å². The quantitative estimate of drug-likeness (QED) is 0.512. The number of hydrogen-bond donors (Lipinski definition) is 1. The van der Waals surface area contributed by atoms with Crippen LogP contribution in [0.4, 0.5) is 5.69 Å². The van der Waals surface area contributed by atoms with Gasteiger partial charge in [-0.05, 0) is 11.6 Å². The summed E-state index contributed by atoms with van der Waals surface area (Å²) in [6.07, 6.45) is 0. The van der Waals surface area contributed by atoms with Crippen molar-refractivity contribution in [2.24, 2.45) is 0 Å². The molecule has 0 spiro atoms. The van der Waals surface area contributed by atoms with Crippen LogP contribution in [-0.2, 0) is 0 Å². The second kappa shape index (κ2) is 4.60. The number of hydrogen-bond acceptors (Lipinski definition) is 2. The van der Waals surface area contributed by atoms with Gasteiger partial charge in [-0.25, -0.2) is 4.98 Å². The minimum Gasteiger partial charge on any atom is -0.398 e. The fraction of sp³-hybridized carbons (Fsp3) is 0. The van der Waals surface area contributed by atoms with Gasteiger partial charge in [0.2, 0.25) is 0 Å². The van der Waals surface area contributed by atoms with Crippen LogP contribution in [0, 0.1) is 0 Å². The summed E-state index contributed by atoms with van der Waals surface area (Å²) in [6.45, 7) is 0. The molecule has 0 saturated carbocycles. The second-order valence-corrected chi connectivity index (χ2v) is 5.11. The Bertz CT molecular complexity index is 943. The fourth-order valence-electron chi connectivity index (χ4n) is 2.80. The van der Waals surface area contributed by atoms with Gasteiger partial charge in [0.25, 0.3) is 0 Å². The normalized spacial score (nSPS) is 11.0. The van der Waals surface area contributed by atoms with Gasteiger partial charge >= 0.3 is 0 Å². The van der Waals surface area contributed by atoms with Gasteiger partial charge in [-0.1, -0.05) is 66.7 Å². The van der Waals surface area contributed by atoms with Crippen molar-refractivity contribution in [1.82, 2.24) is 4.98 Å². The molecular weight excluding hydrogens is 256 g/mol. The van der Waals surface area contributed by atoms with Gasteiger partial charge in [0.1, 0.15) is 0 Å². The van der Waals surface area contributed by atoms with Crippen molar-refractivity contribution in [1.29, 1.82) is 0 Å². The molecule has 4 aromatic rings. The first-order valence-electron chi connectivity index (χ1n) is 6.97. The number of para-hydroxylation sites is 2. The van der Waals surface area contributed by atoms with Gasteiger partial charge in [0, 0.05) is 16.3 Å². The molecule has 2 nitrogen and oxygen atoms in total. The van der Waals surface area contributed by atoms with E-state index in [2.05, 4.69) is 18.2 Å². The number of fused-ring (bicyclic) bond motifs is 2.